The van der Waals surface area contributed by atoms with Crippen molar-refractivity contribution in [2.45, 2.75) is 26.4 Å². The predicted octanol–water partition coefficient (Wildman–Crippen LogP) is 3.48. The molecule has 2 aromatic carbocycles. The lowest BCUT2D eigenvalue weighted by Crippen LogP contribution is -2.33. The number of ether oxygens (including phenoxy) is 1. The van der Waals surface area contributed by atoms with Gasteiger partial charge in [0.25, 0.3) is 11.5 Å². The Morgan fingerprint density at radius 2 is 1.86 bits per heavy atom. The van der Waals surface area contributed by atoms with Crippen molar-refractivity contribution in [3.05, 3.63) is 82.4 Å². The number of aromatic nitrogens is 2. The Labute approximate surface area is 161 Å². The largest absolute Gasteiger partial charge is 0.463 e. The van der Waals surface area contributed by atoms with E-state index in [0.717, 1.165) is 10.2 Å². The van der Waals surface area contributed by atoms with Crippen molar-refractivity contribution < 1.29 is 13.9 Å². The topological polar surface area (TPSA) is 73.2 Å². The van der Waals surface area contributed by atoms with Crippen molar-refractivity contribution in [1.29, 1.82) is 0 Å². The van der Waals surface area contributed by atoms with Crippen molar-refractivity contribution in [2.24, 2.45) is 0 Å². The van der Waals surface area contributed by atoms with E-state index in [-0.39, 0.29) is 11.8 Å². The molecule has 0 saturated carbocycles. The van der Waals surface area contributed by atoms with Crippen LogP contribution in [-0.2, 0) is 4.79 Å². The number of aryl methyl sites for hydroxylation is 1. The van der Waals surface area contributed by atoms with Crippen LogP contribution in [0.3, 0.4) is 0 Å². The Hall–Kier alpha value is -3.48. The molecular formula is C21H20FN3O3. The number of hydrogen-bond acceptors (Lipinski definition) is 4. The number of para-hydroxylation sites is 1. The molecule has 0 bridgehead atoms. The first-order valence-electron chi connectivity index (χ1n) is 8.87. The second-order valence-corrected chi connectivity index (χ2v) is 6.22. The normalized spacial score (nSPS) is 11.7. The highest BCUT2D eigenvalue weighted by atomic mass is 19.1. The third-order valence-electron chi connectivity index (χ3n) is 4.18. The number of nitrogens with one attached hydrogen (secondary N) is 1. The van der Waals surface area contributed by atoms with Crippen LogP contribution >= 0.6 is 0 Å². The molecule has 0 spiro atoms. The van der Waals surface area contributed by atoms with Crippen LogP contribution in [0.5, 0.6) is 5.88 Å². The third kappa shape index (κ3) is 4.43. The van der Waals surface area contributed by atoms with Crippen LogP contribution in [0.15, 0.2) is 65.5 Å². The average molecular weight is 381 g/mol. The van der Waals surface area contributed by atoms with Gasteiger partial charge in [0.2, 0.25) is 5.88 Å². The second-order valence-electron chi connectivity index (χ2n) is 6.22. The van der Waals surface area contributed by atoms with Crippen LogP contribution in [0.1, 0.15) is 18.9 Å². The maximum absolute atomic E-state index is 13.1. The quantitative estimate of drug-likeness (QED) is 0.710. The molecule has 1 amide bonds. The summed E-state index contributed by atoms with van der Waals surface area (Å²) in [7, 11) is 0. The van der Waals surface area contributed by atoms with Crippen LogP contribution in [0.2, 0.25) is 0 Å². The van der Waals surface area contributed by atoms with E-state index in [1.165, 1.54) is 36.4 Å². The smallest absolute Gasteiger partial charge is 0.271 e. The van der Waals surface area contributed by atoms with Gasteiger partial charge in [-0.2, -0.15) is 4.68 Å². The number of hydrogen-bond donors (Lipinski definition) is 1. The van der Waals surface area contributed by atoms with E-state index >= 15 is 0 Å². The standard InChI is InChI=1S/C21H20FN3O3/c1-3-18(21(27)23-17-7-5-4-6-14(17)2)28-19-12-13-20(26)25(24-19)16-10-8-15(22)9-11-16/h4-13,18H,3H2,1-2H3,(H,23,27). The summed E-state index contributed by atoms with van der Waals surface area (Å²) in [5, 5.41) is 6.99. The molecule has 0 fully saturated rings. The van der Waals surface area contributed by atoms with Gasteiger partial charge in [0, 0.05) is 17.8 Å². The Morgan fingerprint density at radius 1 is 1.14 bits per heavy atom. The zero-order valence-corrected chi connectivity index (χ0v) is 15.6. The SMILES string of the molecule is CCC(Oc1ccc(=O)n(-c2ccc(F)cc2)n1)C(=O)Nc1ccccc1C. The lowest BCUT2D eigenvalue weighted by atomic mass is 10.2. The fourth-order valence-electron chi connectivity index (χ4n) is 2.62. The number of carbonyl (C=O) groups is 1. The summed E-state index contributed by atoms with van der Waals surface area (Å²) < 4.78 is 19.9. The number of carbonyl (C=O) groups excluding carboxylic acids is 1. The lowest BCUT2D eigenvalue weighted by Gasteiger charge is -2.18. The van der Waals surface area contributed by atoms with E-state index in [1.807, 2.05) is 38.1 Å². The molecule has 0 aliphatic rings. The van der Waals surface area contributed by atoms with Gasteiger partial charge in [-0.1, -0.05) is 25.1 Å². The van der Waals surface area contributed by atoms with Crippen LogP contribution in [0.25, 0.3) is 5.69 Å². The highest BCUT2D eigenvalue weighted by molar-refractivity contribution is 5.94. The Kier molecular flexibility index (Phi) is 5.84. The molecule has 1 atom stereocenters. The maximum Gasteiger partial charge on any atom is 0.271 e. The van der Waals surface area contributed by atoms with Gasteiger partial charge in [-0.15, -0.1) is 5.10 Å². The zero-order valence-electron chi connectivity index (χ0n) is 15.6. The van der Waals surface area contributed by atoms with Crippen molar-refractivity contribution >= 4 is 11.6 Å². The van der Waals surface area contributed by atoms with Gasteiger partial charge in [0.05, 0.1) is 5.69 Å². The molecule has 1 N–H and O–H groups in total. The summed E-state index contributed by atoms with van der Waals surface area (Å²) in [6.45, 7) is 3.72. The fraction of sp³-hybridized carbons (Fsp3) is 0.190. The Balaban J connectivity index is 1.80. The molecule has 28 heavy (non-hydrogen) atoms. The van der Waals surface area contributed by atoms with Crippen LogP contribution in [-0.4, -0.2) is 21.8 Å². The van der Waals surface area contributed by atoms with E-state index < -0.39 is 17.5 Å². The highest BCUT2D eigenvalue weighted by Crippen LogP contribution is 2.16. The maximum atomic E-state index is 13.1. The molecule has 0 radical (unpaired) electrons. The lowest BCUT2D eigenvalue weighted by molar-refractivity contribution is -0.123. The Morgan fingerprint density at radius 3 is 2.54 bits per heavy atom. The number of benzene rings is 2. The van der Waals surface area contributed by atoms with Gasteiger partial charge in [-0.3, -0.25) is 9.59 Å². The molecule has 1 aromatic heterocycles. The molecule has 7 heteroatoms. The highest BCUT2D eigenvalue weighted by Gasteiger charge is 2.20. The molecule has 1 heterocycles. The third-order valence-corrected chi connectivity index (χ3v) is 4.18. The first-order valence-corrected chi connectivity index (χ1v) is 8.87. The van der Waals surface area contributed by atoms with E-state index in [4.69, 9.17) is 4.74 Å². The van der Waals surface area contributed by atoms with Crippen molar-refractivity contribution in [3.8, 4) is 11.6 Å². The molecule has 144 valence electrons. The van der Waals surface area contributed by atoms with E-state index in [1.54, 1.807) is 0 Å². The van der Waals surface area contributed by atoms with Crippen molar-refractivity contribution in [1.82, 2.24) is 9.78 Å². The molecule has 1 unspecified atom stereocenters. The molecule has 6 nitrogen and oxygen atoms in total. The van der Waals surface area contributed by atoms with Crippen LogP contribution < -0.4 is 15.6 Å². The minimum atomic E-state index is -0.786. The summed E-state index contributed by atoms with van der Waals surface area (Å²) in [6, 6.07) is 15.5. The van der Waals surface area contributed by atoms with E-state index in [2.05, 4.69) is 10.4 Å². The van der Waals surface area contributed by atoms with Gasteiger partial charge in [-0.25, -0.2) is 4.39 Å². The number of amides is 1. The second kappa shape index (κ2) is 8.47. The zero-order chi connectivity index (χ0) is 20.1. The molecule has 3 aromatic rings. The van der Waals surface area contributed by atoms with Crippen molar-refractivity contribution in [2.75, 3.05) is 5.32 Å². The number of nitrogens with zero attached hydrogens (tertiary/aromatic N) is 2. The number of halogens is 1. The number of rotatable bonds is 6. The van der Waals surface area contributed by atoms with Gasteiger partial charge in [-0.05, 0) is 49.2 Å². The average Bonchev–Trinajstić information content (AvgIpc) is 2.69. The van der Waals surface area contributed by atoms with Crippen LogP contribution in [0.4, 0.5) is 10.1 Å². The summed E-state index contributed by atoms with van der Waals surface area (Å²) >= 11 is 0. The molecule has 0 aliphatic heterocycles. The molecule has 0 aliphatic carbocycles. The predicted molar refractivity (Wildman–Crippen MR) is 104 cm³/mol. The summed E-state index contributed by atoms with van der Waals surface area (Å²) in [5.74, 6) is -0.600. The molecule has 3 rings (SSSR count). The fourth-order valence-corrected chi connectivity index (χ4v) is 2.62. The Bertz CT molecular complexity index is 1030. The van der Waals surface area contributed by atoms with Crippen molar-refractivity contribution in [3.63, 3.8) is 0 Å². The van der Waals surface area contributed by atoms with E-state index in [0.29, 0.717) is 17.8 Å². The van der Waals surface area contributed by atoms with Gasteiger partial charge < -0.3 is 10.1 Å². The minimum absolute atomic E-state index is 0.121. The summed E-state index contributed by atoms with van der Waals surface area (Å²) in [6.07, 6.45) is -0.374. The first-order chi connectivity index (χ1) is 13.5. The van der Waals surface area contributed by atoms with Crippen LogP contribution in [0, 0.1) is 12.7 Å². The first kappa shape index (κ1) is 19.3. The summed E-state index contributed by atoms with van der Waals surface area (Å²) in [4.78, 5) is 24.7. The van der Waals surface area contributed by atoms with Gasteiger partial charge in [0.15, 0.2) is 6.10 Å². The van der Waals surface area contributed by atoms with E-state index in [9.17, 15) is 14.0 Å². The van der Waals surface area contributed by atoms with Gasteiger partial charge >= 0.3 is 0 Å². The molecular weight excluding hydrogens is 361 g/mol. The summed E-state index contributed by atoms with van der Waals surface area (Å²) in [5.41, 5.74) is 1.65. The monoisotopic (exact) mass is 381 g/mol. The number of anilines is 1. The molecule has 0 saturated heterocycles. The minimum Gasteiger partial charge on any atom is -0.463 e. The van der Waals surface area contributed by atoms with Gasteiger partial charge in [0.1, 0.15) is 5.82 Å².